The Bertz CT molecular complexity index is 545. The molecular formula is C16H18Cl2N2. The van der Waals surface area contributed by atoms with E-state index in [0.717, 1.165) is 24.3 Å². The zero-order chi connectivity index (χ0) is 14.5. The molecule has 0 unspecified atom stereocenters. The standard InChI is InChI=1S/C16H18Cl2N2/c1-20(2)11-14-15(17)8-13(9-16(14)18)19-10-12-6-4-3-5-7-12/h3-9,19H,10-11H2,1-2H3. The van der Waals surface area contributed by atoms with Crippen LogP contribution in [0.1, 0.15) is 11.1 Å². The van der Waals surface area contributed by atoms with E-state index in [1.54, 1.807) is 0 Å². The van der Waals surface area contributed by atoms with E-state index in [9.17, 15) is 0 Å². The van der Waals surface area contributed by atoms with Crippen molar-refractivity contribution in [3.05, 3.63) is 63.6 Å². The smallest absolute Gasteiger partial charge is 0.0486 e. The summed E-state index contributed by atoms with van der Waals surface area (Å²) in [6.45, 7) is 1.48. The summed E-state index contributed by atoms with van der Waals surface area (Å²) in [5.74, 6) is 0. The maximum atomic E-state index is 6.31. The Morgan fingerprint density at radius 1 is 1.00 bits per heavy atom. The van der Waals surface area contributed by atoms with Crippen LogP contribution in [-0.2, 0) is 13.1 Å². The molecule has 0 saturated heterocycles. The van der Waals surface area contributed by atoms with E-state index >= 15 is 0 Å². The van der Waals surface area contributed by atoms with E-state index < -0.39 is 0 Å². The first kappa shape index (κ1) is 15.2. The van der Waals surface area contributed by atoms with Crippen LogP contribution in [-0.4, -0.2) is 19.0 Å². The molecule has 0 aliphatic rings. The summed E-state index contributed by atoms with van der Waals surface area (Å²) in [5, 5.41) is 4.73. The molecule has 1 N–H and O–H groups in total. The van der Waals surface area contributed by atoms with E-state index in [4.69, 9.17) is 23.2 Å². The van der Waals surface area contributed by atoms with E-state index in [1.807, 2.05) is 49.3 Å². The number of anilines is 1. The van der Waals surface area contributed by atoms with Crippen LogP contribution in [0.2, 0.25) is 10.0 Å². The molecule has 0 aliphatic carbocycles. The van der Waals surface area contributed by atoms with Crippen molar-refractivity contribution in [3.8, 4) is 0 Å². The molecule has 106 valence electrons. The van der Waals surface area contributed by atoms with Gasteiger partial charge >= 0.3 is 0 Å². The highest BCUT2D eigenvalue weighted by molar-refractivity contribution is 6.36. The SMILES string of the molecule is CN(C)Cc1c(Cl)cc(NCc2ccccc2)cc1Cl. The van der Waals surface area contributed by atoms with Gasteiger partial charge in [0.2, 0.25) is 0 Å². The Kier molecular flexibility index (Phi) is 5.30. The lowest BCUT2D eigenvalue weighted by Gasteiger charge is -2.15. The molecule has 2 rings (SSSR count). The van der Waals surface area contributed by atoms with Gasteiger partial charge in [-0.15, -0.1) is 0 Å². The van der Waals surface area contributed by atoms with Gasteiger partial charge < -0.3 is 10.2 Å². The average molecular weight is 309 g/mol. The number of hydrogen-bond donors (Lipinski definition) is 1. The van der Waals surface area contributed by atoms with Crippen LogP contribution >= 0.6 is 23.2 Å². The molecular weight excluding hydrogens is 291 g/mol. The van der Waals surface area contributed by atoms with Gasteiger partial charge in [0.05, 0.1) is 0 Å². The second-order valence-electron chi connectivity index (χ2n) is 5.00. The van der Waals surface area contributed by atoms with Gasteiger partial charge in [-0.3, -0.25) is 0 Å². The van der Waals surface area contributed by atoms with Crippen LogP contribution in [0.15, 0.2) is 42.5 Å². The van der Waals surface area contributed by atoms with Crippen molar-refractivity contribution in [1.29, 1.82) is 0 Å². The van der Waals surface area contributed by atoms with Gasteiger partial charge in [-0.05, 0) is 31.8 Å². The predicted octanol–water partition coefficient (Wildman–Crippen LogP) is 4.67. The molecule has 2 aromatic rings. The molecule has 0 bridgehead atoms. The highest BCUT2D eigenvalue weighted by Gasteiger charge is 2.09. The molecule has 0 saturated carbocycles. The zero-order valence-corrected chi connectivity index (χ0v) is 13.2. The third-order valence-corrected chi connectivity index (χ3v) is 3.63. The summed E-state index contributed by atoms with van der Waals surface area (Å²) in [6, 6.07) is 14.1. The third-order valence-electron chi connectivity index (χ3n) is 2.95. The van der Waals surface area contributed by atoms with Crippen LogP contribution in [0.3, 0.4) is 0 Å². The molecule has 0 amide bonds. The summed E-state index contributed by atoms with van der Waals surface area (Å²) in [4.78, 5) is 2.05. The second kappa shape index (κ2) is 6.98. The zero-order valence-electron chi connectivity index (χ0n) is 11.7. The Morgan fingerprint density at radius 3 is 2.15 bits per heavy atom. The second-order valence-corrected chi connectivity index (χ2v) is 5.81. The van der Waals surface area contributed by atoms with Crippen LogP contribution in [0.25, 0.3) is 0 Å². The lowest BCUT2D eigenvalue weighted by atomic mass is 10.1. The number of benzene rings is 2. The molecule has 0 spiro atoms. The monoisotopic (exact) mass is 308 g/mol. The van der Waals surface area contributed by atoms with E-state index in [1.165, 1.54) is 5.56 Å². The summed E-state index contributed by atoms with van der Waals surface area (Å²) in [6.07, 6.45) is 0. The maximum absolute atomic E-state index is 6.31. The first-order valence-corrected chi connectivity index (χ1v) is 7.22. The van der Waals surface area contributed by atoms with Gasteiger partial charge in [-0.25, -0.2) is 0 Å². The molecule has 2 aromatic carbocycles. The topological polar surface area (TPSA) is 15.3 Å². The van der Waals surface area contributed by atoms with E-state index in [-0.39, 0.29) is 0 Å². The summed E-state index contributed by atoms with van der Waals surface area (Å²) in [7, 11) is 3.99. The van der Waals surface area contributed by atoms with Gasteiger partial charge in [0.25, 0.3) is 0 Å². The molecule has 0 fully saturated rings. The molecule has 2 nitrogen and oxygen atoms in total. The molecule has 0 heterocycles. The third kappa shape index (κ3) is 4.14. The molecule has 0 radical (unpaired) electrons. The largest absolute Gasteiger partial charge is 0.381 e. The Labute approximate surface area is 130 Å². The van der Waals surface area contributed by atoms with Crippen LogP contribution in [0.4, 0.5) is 5.69 Å². The van der Waals surface area contributed by atoms with Crippen molar-refractivity contribution in [1.82, 2.24) is 4.90 Å². The minimum absolute atomic E-state index is 0.696. The number of nitrogens with one attached hydrogen (secondary N) is 1. The number of halogens is 2. The van der Waals surface area contributed by atoms with Crippen molar-refractivity contribution in [2.75, 3.05) is 19.4 Å². The maximum Gasteiger partial charge on any atom is 0.0486 e. The van der Waals surface area contributed by atoms with Crippen molar-refractivity contribution >= 4 is 28.9 Å². The quantitative estimate of drug-likeness (QED) is 0.863. The average Bonchev–Trinajstić information content (AvgIpc) is 2.41. The highest BCUT2D eigenvalue weighted by atomic mass is 35.5. The number of hydrogen-bond acceptors (Lipinski definition) is 2. The summed E-state index contributed by atoms with van der Waals surface area (Å²) >= 11 is 12.6. The Morgan fingerprint density at radius 2 is 1.60 bits per heavy atom. The Hall–Kier alpha value is -1.22. The van der Waals surface area contributed by atoms with Crippen molar-refractivity contribution in [2.24, 2.45) is 0 Å². The fourth-order valence-corrected chi connectivity index (χ4v) is 2.58. The molecule has 20 heavy (non-hydrogen) atoms. The van der Waals surface area contributed by atoms with Crippen LogP contribution in [0.5, 0.6) is 0 Å². The van der Waals surface area contributed by atoms with Crippen molar-refractivity contribution in [3.63, 3.8) is 0 Å². The molecule has 0 aromatic heterocycles. The fourth-order valence-electron chi connectivity index (χ4n) is 1.97. The van der Waals surface area contributed by atoms with Crippen LogP contribution in [0, 0.1) is 0 Å². The summed E-state index contributed by atoms with van der Waals surface area (Å²) < 4.78 is 0. The van der Waals surface area contributed by atoms with Gasteiger partial charge in [0, 0.05) is 34.4 Å². The lowest BCUT2D eigenvalue weighted by Crippen LogP contribution is -2.11. The molecule has 4 heteroatoms. The van der Waals surface area contributed by atoms with Gasteiger partial charge in [0.1, 0.15) is 0 Å². The number of nitrogens with zero attached hydrogens (tertiary/aromatic N) is 1. The minimum Gasteiger partial charge on any atom is -0.381 e. The van der Waals surface area contributed by atoms with E-state index in [0.29, 0.717) is 10.0 Å². The lowest BCUT2D eigenvalue weighted by molar-refractivity contribution is 0.402. The van der Waals surface area contributed by atoms with Gasteiger partial charge in [0.15, 0.2) is 0 Å². The number of rotatable bonds is 5. The highest BCUT2D eigenvalue weighted by Crippen LogP contribution is 2.30. The first-order chi connectivity index (χ1) is 9.56. The normalized spacial score (nSPS) is 10.8. The Balaban J connectivity index is 2.10. The fraction of sp³-hybridized carbons (Fsp3) is 0.250. The van der Waals surface area contributed by atoms with E-state index in [2.05, 4.69) is 17.4 Å². The van der Waals surface area contributed by atoms with Gasteiger partial charge in [-0.2, -0.15) is 0 Å². The minimum atomic E-state index is 0.696. The van der Waals surface area contributed by atoms with Crippen molar-refractivity contribution < 1.29 is 0 Å². The molecule has 0 aliphatic heterocycles. The first-order valence-electron chi connectivity index (χ1n) is 6.46. The predicted molar refractivity (Wildman–Crippen MR) is 87.6 cm³/mol. The van der Waals surface area contributed by atoms with Gasteiger partial charge in [-0.1, -0.05) is 53.5 Å². The molecule has 0 atom stereocenters. The van der Waals surface area contributed by atoms with Crippen LogP contribution < -0.4 is 5.32 Å². The van der Waals surface area contributed by atoms with Crippen molar-refractivity contribution in [2.45, 2.75) is 13.1 Å². The summed E-state index contributed by atoms with van der Waals surface area (Å²) in [5.41, 5.74) is 3.12.